The zero-order chi connectivity index (χ0) is 40.5. The molecule has 296 valence electrons. The molecule has 6 rings (SSSR count). The van der Waals surface area contributed by atoms with E-state index in [1.807, 2.05) is 0 Å². The lowest BCUT2D eigenvalue weighted by Crippen LogP contribution is -2.21. The summed E-state index contributed by atoms with van der Waals surface area (Å²) in [6.45, 7) is 0.982. The van der Waals surface area contributed by atoms with Crippen LogP contribution in [0.4, 0.5) is 20.4 Å². The lowest BCUT2D eigenvalue weighted by molar-refractivity contribution is 0.309. The highest BCUT2D eigenvalue weighted by atomic mass is 79.9. The number of anilines is 2. The second-order valence-electron chi connectivity index (χ2n) is 10.3. The van der Waals surface area contributed by atoms with Crippen molar-refractivity contribution in [2.45, 2.75) is 6.42 Å². The number of nitrogens with zero attached hydrogens (tertiary/aromatic N) is 8. The van der Waals surface area contributed by atoms with Crippen LogP contribution in [-0.2, 0) is 20.2 Å². The summed E-state index contributed by atoms with van der Waals surface area (Å²) < 4.78 is 88.3. The van der Waals surface area contributed by atoms with Gasteiger partial charge in [-0.05, 0) is 95.3 Å². The van der Waals surface area contributed by atoms with Crippen molar-refractivity contribution in [3.8, 4) is 34.4 Å². The number of aromatic nitrogens is 8. The second-order valence-corrected chi connectivity index (χ2v) is 14.9. The Labute approximate surface area is 322 Å². The average molecular weight is 945 g/mol. The quantitative estimate of drug-likeness (QED) is 0.0890. The monoisotopic (exact) mass is 942 g/mol. The van der Waals surface area contributed by atoms with Gasteiger partial charge in [-0.15, -0.1) is 0 Å². The Morgan fingerprint density at radius 3 is 1.49 bits per heavy atom. The van der Waals surface area contributed by atoms with E-state index in [1.165, 1.54) is 30.3 Å². The minimum absolute atomic E-state index is 0.0336. The van der Waals surface area contributed by atoms with Crippen molar-refractivity contribution in [1.29, 1.82) is 0 Å². The Bertz CT molecular complexity index is 2580. The zero-order valence-corrected chi connectivity index (χ0v) is 32.1. The van der Waals surface area contributed by atoms with E-state index in [-0.39, 0.29) is 68.0 Å². The van der Waals surface area contributed by atoms with Gasteiger partial charge in [-0.25, -0.2) is 60.6 Å². The van der Waals surface area contributed by atoms with Gasteiger partial charge in [0.2, 0.25) is 33.3 Å². The van der Waals surface area contributed by atoms with Gasteiger partial charge in [0, 0.05) is 19.6 Å². The highest BCUT2D eigenvalue weighted by Gasteiger charge is 2.24. The number of halogens is 4. The highest BCUT2D eigenvalue weighted by molar-refractivity contribution is 9.10. The largest absolute Gasteiger partial charge is 0.446 e. The van der Waals surface area contributed by atoms with Gasteiger partial charge in [0.1, 0.15) is 11.6 Å². The zero-order valence-electron chi connectivity index (χ0n) is 27.3. The van der Waals surface area contributed by atoms with Gasteiger partial charge < -0.3 is 16.4 Å². The lowest BCUT2D eigenvalue weighted by Gasteiger charge is -2.05. The van der Waals surface area contributed by atoms with Crippen molar-refractivity contribution >= 4 is 63.7 Å². The SMILES string of the molecule is NCCNc1nonc1-c1noc(=O)n1-c1ccc(F)c(Br)c1.NS(=O)(=O)CCCNc1nonc1-c1noc(=O)n1-c1ccc(F)c(Br)c1.NS(N)(=O)=O. The molecule has 0 bridgehead atoms. The van der Waals surface area contributed by atoms with Crippen LogP contribution >= 0.6 is 31.9 Å². The molecule has 0 atom stereocenters. The van der Waals surface area contributed by atoms with Crippen molar-refractivity contribution in [3.05, 3.63) is 78.1 Å². The predicted octanol–water partition coefficient (Wildman–Crippen LogP) is 0.164. The molecule has 4 heterocycles. The Morgan fingerprint density at radius 1 is 0.691 bits per heavy atom. The van der Waals surface area contributed by atoms with Crippen LogP contribution in [0.3, 0.4) is 0 Å². The molecule has 0 saturated carbocycles. The number of benzene rings is 2. The third-order valence-electron chi connectivity index (χ3n) is 6.27. The van der Waals surface area contributed by atoms with Crippen molar-refractivity contribution in [3.63, 3.8) is 0 Å². The van der Waals surface area contributed by atoms with E-state index in [9.17, 15) is 35.2 Å². The fourth-order valence-electron chi connectivity index (χ4n) is 4.08. The third-order valence-corrected chi connectivity index (χ3v) is 8.34. The first-order valence-electron chi connectivity index (χ1n) is 14.6. The molecule has 2 aromatic carbocycles. The molecule has 6 aromatic rings. The number of nitrogens with two attached hydrogens (primary N) is 4. The van der Waals surface area contributed by atoms with E-state index >= 15 is 0 Å². The predicted molar refractivity (Wildman–Crippen MR) is 192 cm³/mol. The average Bonchev–Trinajstić information content (AvgIpc) is 3.91. The van der Waals surface area contributed by atoms with Gasteiger partial charge in [0.15, 0.2) is 11.4 Å². The number of hydrogen-bond acceptors (Lipinski definition) is 19. The van der Waals surface area contributed by atoms with E-state index in [2.05, 4.69) is 102 Å². The van der Waals surface area contributed by atoms with Crippen molar-refractivity contribution in [1.82, 2.24) is 40.1 Å². The van der Waals surface area contributed by atoms with E-state index in [0.29, 0.717) is 18.8 Å². The third kappa shape index (κ3) is 11.9. The first-order chi connectivity index (χ1) is 25.9. The molecule has 55 heavy (non-hydrogen) atoms. The van der Waals surface area contributed by atoms with E-state index < -0.39 is 43.4 Å². The molecule has 0 saturated heterocycles. The van der Waals surface area contributed by atoms with Crippen LogP contribution in [0.2, 0.25) is 0 Å². The molecule has 0 amide bonds. The van der Waals surface area contributed by atoms with Crippen LogP contribution in [0.1, 0.15) is 6.42 Å². The van der Waals surface area contributed by atoms with Gasteiger partial charge in [0.25, 0.3) is 10.2 Å². The highest BCUT2D eigenvalue weighted by Crippen LogP contribution is 2.27. The Kier molecular flexibility index (Phi) is 14.2. The second kappa shape index (κ2) is 18.4. The summed E-state index contributed by atoms with van der Waals surface area (Å²) in [5.41, 5.74) is 6.25. The van der Waals surface area contributed by atoms with Crippen LogP contribution in [0.5, 0.6) is 0 Å². The molecule has 0 fully saturated rings. The van der Waals surface area contributed by atoms with E-state index in [4.69, 9.17) is 10.9 Å². The minimum Gasteiger partial charge on any atom is -0.365 e. The summed E-state index contributed by atoms with van der Waals surface area (Å²) in [7, 11) is -7.25. The molecular weight excluding hydrogens is 918 g/mol. The van der Waals surface area contributed by atoms with Crippen LogP contribution in [-0.4, -0.2) is 82.3 Å². The summed E-state index contributed by atoms with van der Waals surface area (Å²) in [6, 6.07) is 7.91. The minimum atomic E-state index is -3.67. The maximum absolute atomic E-state index is 13.5. The Hall–Kier alpha value is -5.24. The maximum atomic E-state index is 13.5. The number of primary sulfonamides is 1. The first-order valence-corrected chi connectivity index (χ1v) is 19.5. The lowest BCUT2D eigenvalue weighted by atomic mass is 10.3. The fourth-order valence-corrected chi connectivity index (χ4v) is 5.36. The standard InChI is InChI=1S/C13H12BrFN6O5S.C12H10BrFN6O3.H4N2O2S/c14-8-6-7(2-3-9(8)15)21-12(20-25-13(21)22)10-11(19-26-18-10)17-4-1-5-27(16,23)24;13-7-5-6(1-2-8(7)14)20-11(19-22-12(20)21)9-10(16-4-3-15)18-23-17-9;1-5(2,3)4/h2-3,6H,1,4-5H2,(H,17,19)(H2,16,23,24);1-2,5H,3-4,15H2,(H,16,18);(H4,1,2,3,4). The van der Waals surface area contributed by atoms with Crippen LogP contribution in [0.25, 0.3) is 34.4 Å². The van der Waals surface area contributed by atoms with E-state index in [1.54, 1.807) is 0 Å². The molecule has 0 radical (unpaired) electrons. The smallest absolute Gasteiger partial charge is 0.365 e. The Balaban J connectivity index is 0.000000220. The Morgan fingerprint density at radius 2 is 1.11 bits per heavy atom. The summed E-state index contributed by atoms with van der Waals surface area (Å²) >= 11 is 6.11. The topological polar surface area (TPSA) is 370 Å². The molecule has 0 aliphatic carbocycles. The van der Waals surface area contributed by atoms with Gasteiger partial charge in [-0.2, -0.15) is 8.42 Å². The number of hydrogen-bond donors (Lipinski definition) is 6. The summed E-state index contributed by atoms with van der Waals surface area (Å²) in [5.74, 6) is -2.37. The number of rotatable bonds is 12. The maximum Gasteiger partial charge on any atom is 0.446 e. The van der Waals surface area contributed by atoms with Gasteiger partial charge >= 0.3 is 11.5 Å². The first kappa shape index (κ1) is 42.5. The molecule has 0 aliphatic heterocycles. The molecule has 0 spiro atoms. The van der Waals surface area contributed by atoms with Crippen molar-refractivity contribution < 1.29 is 43.9 Å². The van der Waals surface area contributed by atoms with Gasteiger partial charge in [-0.3, -0.25) is 9.05 Å². The molecule has 10 N–H and O–H groups in total. The number of nitrogens with one attached hydrogen (secondary N) is 2. The molecule has 0 aliphatic rings. The van der Waals surface area contributed by atoms with E-state index in [0.717, 1.165) is 15.2 Å². The number of sulfonamides is 1. The normalized spacial score (nSPS) is 11.3. The van der Waals surface area contributed by atoms with Gasteiger partial charge in [0.05, 0.1) is 26.1 Å². The molecule has 4 aromatic heterocycles. The molecule has 0 unspecified atom stereocenters. The summed E-state index contributed by atoms with van der Waals surface area (Å²) in [4.78, 5) is 24.0. The van der Waals surface area contributed by atoms with Crippen molar-refractivity contribution in [2.75, 3.05) is 36.0 Å². The molecular formula is C25H26Br2F2N14O10S2. The van der Waals surface area contributed by atoms with Crippen molar-refractivity contribution in [2.24, 2.45) is 21.2 Å². The van der Waals surface area contributed by atoms with Crippen LogP contribution in [0, 0.1) is 11.6 Å². The fraction of sp³-hybridized carbons (Fsp3) is 0.200. The summed E-state index contributed by atoms with van der Waals surface area (Å²) in [6.07, 6.45) is 0.210. The molecule has 30 heteroatoms. The van der Waals surface area contributed by atoms with Crippen LogP contribution < -0.4 is 43.3 Å². The van der Waals surface area contributed by atoms with Gasteiger partial charge in [-0.1, -0.05) is 10.3 Å². The van der Waals surface area contributed by atoms with Crippen LogP contribution in [0.15, 0.2) is 73.2 Å². The summed E-state index contributed by atoms with van der Waals surface area (Å²) in [5, 5.41) is 41.0. The molecule has 24 nitrogen and oxygen atoms in total.